The summed E-state index contributed by atoms with van der Waals surface area (Å²) in [7, 11) is 1.95. The van der Waals surface area contributed by atoms with E-state index in [9.17, 15) is 4.79 Å². The summed E-state index contributed by atoms with van der Waals surface area (Å²) < 4.78 is 3.14. The number of hydrogen-bond donors (Lipinski definition) is 0. The second-order valence-corrected chi connectivity index (χ2v) is 7.46. The molecule has 0 bridgehead atoms. The number of carbonyl (C=O) groups is 1. The first-order valence-electron chi connectivity index (χ1n) is 6.41. The fraction of sp³-hybridized carbons (Fsp3) is 0.200. The lowest BCUT2D eigenvalue weighted by molar-refractivity contribution is -0.117. The molecule has 0 atom stereocenters. The SMILES string of the molecule is CSc1ccc2c(c1)sc(=NC(=O)Cc1cccs1)n2C. The Morgan fingerprint density at radius 2 is 2.24 bits per heavy atom. The zero-order valence-corrected chi connectivity index (χ0v) is 14.1. The largest absolute Gasteiger partial charge is 0.319 e. The number of amides is 1. The molecule has 0 unspecified atom stereocenters. The Labute approximate surface area is 135 Å². The van der Waals surface area contributed by atoms with Gasteiger partial charge in [-0.1, -0.05) is 17.4 Å². The van der Waals surface area contributed by atoms with E-state index in [-0.39, 0.29) is 5.91 Å². The molecule has 0 aliphatic rings. The van der Waals surface area contributed by atoms with Crippen molar-refractivity contribution < 1.29 is 4.79 Å². The Bertz CT molecular complexity index is 844. The third-order valence-corrected chi connectivity index (χ3v) is 5.84. The van der Waals surface area contributed by atoms with E-state index in [1.807, 2.05) is 29.1 Å². The molecule has 3 rings (SSSR count). The summed E-state index contributed by atoms with van der Waals surface area (Å²) >= 11 is 4.87. The van der Waals surface area contributed by atoms with Crippen molar-refractivity contribution in [1.82, 2.24) is 4.57 Å². The lowest BCUT2D eigenvalue weighted by Gasteiger charge is -1.97. The van der Waals surface area contributed by atoms with Crippen LogP contribution in [0.1, 0.15) is 4.88 Å². The molecule has 0 spiro atoms. The topological polar surface area (TPSA) is 34.4 Å². The highest BCUT2D eigenvalue weighted by Crippen LogP contribution is 2.23. The lowest BCUT2D eigenvalue weighted by atomic mass is 10.3. The van der Waals surface area contributed by atoms with Crippen LogP contribution < -0.4 is 4.80 Å². The van der Waals surface area contributed by atoms with Crippen LogP contribution in [0.4, 0.5) is 0 Å². The molecule has 2 heterocycles. The molecule has 2 aromatic heterocycles. The van der Waals surface area contributed by atoms with Crippen LogP contribution in [0.5, 0.6) is 0 Å². The molecule has 0 aliphatic carbocycles. The van der Waals surface area contributed by atoms with Gasteiger partial charge in [-0.15, -0.1) is 23.1 Å². The number of thiophene rings is 1. The molecule has 1 amide bonds. The maximum atomic E-state index is 12.1. The van der Waals surface area contributed by atoms with Gasteiger partial charge in [-0.25, -0.2) is 0 Å². The standard InChI is InChI=1S/C15H14N2OS3/c1-17-12-6-5-10(19-2)8-13(12)21-15(17)16-14(18)9-11-4-3-7-20-11/h3-8H,9H2,1-2H3. The molecular weight excluding hydrogens is 320 g/mol. The molecule has 3 nitrogen and oxygen atoms in total. The summed E-state index contributed by atoms with van der Waals surface area (Å²) in [6.45, 7) is 0. The van der Waals surface area contributed by atoms with Gasteiger partial charge in [0.15, 0.2) is 4.80 Å². The van der Waals surface area contributed by atoms with Gasteiger partial charge in [0.25, 0.3) is 5.91 Å². The second-order valence-electron chi connectivity index (χ2n) is 4.54. The zero-order valence-electron chi connectivity index (χ0n) is 11.7. The summed E-state index contributed by atoms with van der Waals surface area (Å²) in [5, 5.41) is 1.98. The van der Waals surface area contributed by atoms with Crippen LogP contribution in [-0.2, 0) is 18.3 Å². The number of carbonyl (C=O) groups excluding carboxylic acids is 1. The van der Waals surface area contributed by atoms with Gasteiger partial charge in [0.05, 0.1) is 16.6 Å². The molecule has 6 heteroatoms. The second kappa shape index (κ2) is 6.17. The van der Waals surface area contributed by atoms with Crippen molar-refractivity contribution in [3.05, 3.63) is 45.4 Å². The highest BCUT2D eigenvalue weighted by Gasteiger charge is 2.07. The zero-order chi connectivity index (χ0) is 14.8. The first-order valence-corrected chi connectivity index (χ1v) is 9.33. The average Bonchev–Trinajstić information content (AvgIpc) is 3.08. The Morgan fingerprint density at radius 3 is 2.95 bits per heavy atom. The fourth-order valence-corrected chi connectivity index (χ4v) is 4.34. The molecule has 3 aromatic rings. The van der Waals surface area contributed by atoms with Crippen molar-refractivity contribution in [3.63, 3.8) is 0 Å². The van der Waals surface area contributed by atoms with E-state index in [4.69, 9.17) is 0 Å². The third kappa shape index (κ3) is 3.12. The molecule has 0 saturated carbocycles. The Balaban J connectivity index is 1.97. The summed E-state index contributed by atoms with van der Waals surface area (Å²) in [5.41, 5.74) is 1.11. The van der Waals surface area contributed by atoms with E-state index in [0.29, 0.717) is 6.42 Å². The van der Waals surface area contributed by atoms with Crippen molar-refractivity contribution in [2.24, 2.45) is 12.0 Å². The van der Waals surface area contributed by atoms with Gasteiger partial charge in [0.1, 0.15) is 0 Å². The quantitative estimate of drug-likeness (QED) is 0.685. The van der Waals surface area contributed by atoms with Gasteiger partial charge >= 0.3 is 0 Å². The smallest absolute Gasteiger partial charge is 0.253 e. The monoisotopic (exact) mass is 334 g/mol. The Morgan fingerprint density at radius 1 is 1.38 bits per heavy atom. The van der Waals surface area contributed by atoms with Crippen LogP contribution in [0.2, 0.25) is 0 Å². The maximum absolute atomic E-state index is 12.1. The van der Waals surface area contributed by atoms with Crippen molar-refractivity contribution >= 4 is 50.6 Å². The van der Waals surface area contributed by atoms with Crippen LogP contribution in [-0.4, -0.2) is 16.7 Å². The van der Waals surface area contributed by atoms with E-state index in [0.717, 1.165) is 19.9 Å². The minimum Gasteiger partial charge on any atom is -0.319 e. The first-order chi connectivity index (χ1) is 10.2. The maximum Gasteiger partial charge on any atom is 0.253 e. The van der Waals surface area contributed by atoms with Gasteiger partial charge in [-0.3, -0.25) is 4.79 Å². The Hall–Kier alpha value is -1.37. The predicted molar refractivity (Wildman–Crippen MR) is 91.2 cm³/mol. The number of aromatic nitrogens is 1. The fourth-order valence-electron chi connectivity index (χ4n) is 2.06. The molecule has 0 aliphatic heterocycles. The van der Waals surface area contributed by atoms with Crippen LogP contribution in [0.15, 0.2) is 45.6 Å². The molecule has 0 fully saturated rings. The number of fused-ring (bicyclic) bond motifs is 1. The van der Waals surface area contributed by atoms with Crippen LogP contribution in [0, 0.1) is 0 Å². The number of nitrogens with zero attached hydrogens (tertiary/aromatic N) is 2. The van der Waals surface area contributed by atoms with Crippen LogP contribution in [0.25, 0.3) is 10.2 Å². The van der Waals surface area contributed by atoms with Crippen molar-refractivity contribution in [1.29, 1.82) is 0 Å². The van der Waals surface area contributed by atoms with Crippen molar-refractivity contribution in [2.45, 2.75) is 11.3 Å². The summed E-state index contributed by atoms with van der Waals surface area (Å²) in [6, 6.07) is 10.2. The number of aryl methyl sites for hydroxylation is 1. The van der Waals surface area contributed by atoms with Crippen LogP contribution in [0.3, 0.4) is 0 Å². The number of hydrogen-bond acceptors (Lipinski definition) is 4. The summed E-state index contributed by atoms with van der Waals surface area (Å²) in [4.78, 5) is 19.4. The Kier molecular flexibility index (Phi) is 4.28. The highest BCUT2D eigenvalue weighted by atomic mass is 32.2. The molecule has 1 aromatic carbocycles. The van der Waals surface area contributed by atoms with Gasteiger partial charge < -0.3 is 4.57 Å². The third-order valence-electron chi connectivity index (χ3n) is 3.14. The van der Waals surface area contributed by atoms with Crippen LogP contribution >= 0.6 is 34.4 Å². The molecule has 0 saturated heterocycles. The van der Waals surface area contributed by atoms with Gasteiger partial charge in [0, 0.05) is 16.8 Å². The number of rotatable bonds is 3. The molecule has 0 radical (unpaired) electrons. The van der Waals surface area contributed by atoms with E-state index in [1.54, 1.807) is 34.4 Å². The minimum atomic E-state index is -0.0929. The first kappa shape index (κ1) is 14.6. The minimum absolute atomic E-state index is 0.0929. The van der Waals surface area contributed by atoms with Gasteiger partial charge in [0.2, 0.25) is 0 Å². The molecular formula is C15H14N2OS3. The molecule has 21 heavy (non-hydrogen) atoms. The summed E-state index contributed by atoms with van der Waals surface area (Å²) in [6.07, 6.45) is 2.44. The van der Waals surface area contributed by atoms with E-state index >= 15 is 0 Å². The van der Waals surface area contributed by atoms with E-state index < -0.39 is 0 Å². The summed E-state index contributed by atoms with van der Waals surface area (Å²) in [5.74, 6) is -0.0929. The van der Waals surface area contributed by atoms with E-state index in [1.165, 1.54) is 4.90 Å². The number of thioether (sulfide) groups is 1. The van der Waals surface area contributed by atoms with E-state index in [2.05, 4.69) is 29.4 Å². The lowest BCUT2D eigenvalue weighted by Crippen LogP contribution is -2.13. The molecule has 0 N–H and O–H groups in total. The van der Waals surface area contributed by atoms with Crippen molar-refractivity contribution in [2.75, 3.05) is 6.26 Å². The van der Waals surface area contributed by atoms with Gasteiger partial charge in [-0.05, 0) is 35.9 Å². The average molecular weight is 334 g/mol. The highest BCUT2D eigenvalue weighted by molar-refractivity contribution is 7.98. The number of thiazole rings is 1. The number of benzene rings is 1. The predicted octanol–water partition coefficient (Wildman–Crippen LogP) is 3.69. The van der Waals surface area contributed by atoms with Crippen molar-refractivity contribution in [3.8, 4) is 0 Å². The van der Waals surface area contributed by atoms with Gasteiger partial charge in [-0.2, -0.15) is 4.99 Å². The molecule has 108 valence electrons. The normalized spacial score (nSPS) is 12.2.